The van der Waals surface area contributed by atoms with Gasteiger partial charge in [0, 0.05) is 24.9 Å². The number of para-hydroxylation sites is 2. The number of hydrogen-bond acceptors (Lipinski definition) is 6. The lowest BCUT2D eigenvalue weighted by Gasteiger charge is -2.12. The molecule has 1 aromatic carbocycles. The third kappa shape index (κ3) is 4.20. The van der Waals surface area contributed by atoms with Crippen molar-refractivity contribution in [2.24, 2.45) is 7.05 Å². The van der Waals surface area contributed by atoms with Gasteiger partial charge in [-0.1, -0.05) is 12.1 Å². The van der Waals surface area contributed by atoms with Crippen LogP contribution in [0.1, 0.15) is 40.5 Å². The molecule has 1 atom stereocenters. The SMILES string of the molecule is Cc1nn(C)cc1C(C)NC(=O)c1ccc(COc2ccccc2[N+](=O)[O-])o1. The van der Waals surface area contributed by atoms with Gasteiger partial charge in [0.1, 0.15) is 12.4 Å². The number of hydrogen-bond donors (Lipinski definition) is 1. The van der Waals surface area contributed by atoms with Crippen LogP contribution < -0.4 is 10.1 Å². The van der Waals surface area contributed by atoms with Crippen LogP contribution >= 0.6 is 0 Å². The largest absolute Gasteiger partial charge is 0.479 e. The van der Waals surface area contributed by atoms with Gasteiger partial charge in [-0.2, -0.15) is 5.10 Å². The molecule has 0 aliphatic rings. The van der Waals surface area contributed by atoms with Crippen molar-refractivity contribution in [1.29, 1.82) is 0 Å². The molecule has 0 aliphatic carbocycles. The van der Waals surface area contributed by atoms with Crippen molar-refractivity contribution in [2.45, 2.75) is 26.5 Å². The molecule has 0 radical (unpaired) electrons. The maximum atomic E-state index is 12.4. The van der Waals surface area contributed by atoms with Gasteiger partial charge in [-0.15, -0.1) is 0 Å². The van der Waals surface area contributed by atoms with Gasteiger partial charge in [-0.05, 0) is 32.0 Å². The number of carbonyl (C=O) groups is 1. The number of nitro groups is 1. The summed E-state index contributed by atoms with van der Waals surface area (Å²) in [6, 6.07) is 8.97. The molecule has 0 spiro atoms. The molecule has 1 amide bonds. The molecule has 2 heterocycles. The Kier molecular flexibility index (Phi) is 5.44. The Morgan fingerprint density at radius 3 is 2.79 bits per heavy atom. The summed E-state index contributed by atoms with van der Waals surface area (Å²) in [6.45, 7) is 3.71. The number of nitrogens with one attached hydrogen (secondary N) is 1. The molecule has 0 bridgehead atoms. The molecule has 0 saturated heterocycles. The average Bonchev–Trinajstić information content (AvgIpc) is 3.26. The number of aromatic nitrogens is 2. The smallest absolute Gasteiger partial charge is 0.310 e. The monoisotopic (exact) mass is 384 g/mol. The number of ether oxygens (including phenoxy) is 1. The van der Waals surface area contributed by atoms with Gasteiger partial charge in [-0.3, -0.25) is 19.6 Å². The van der Waals surface area contributed by atoms with E-state index >= 15 is 0 Å². The normalized spacial score (nSPS) is 11.8. The third-order valence-electron chi connectivity index (χ3n) is 4.18. The number of rotatable bonds is 7. The second-order valence-corrected chi connectivity index (χ2v) is 6.32. The van der Waals surface area contributed by atoms with Crippen molar-refractivity contribution in [3.8, 4) is 5.75 Å². The van der Waals surface area contributed by atoms with E-state index < -0.39 is 4.92 Å². The number of benzene rings is 1. The van der Waals surface area contributed by atoms with E-state index in [1.807, 2.05) is 27.1 Å². The summed E-state index contributed by atoms with van der Waals surface area (Å²) in [6.07, 6.45) is 1.86. The molecule has 0 saturated carbocycles. The zero-order chi connectivity index (χ0) is 20.3. The van der Waals surface area contributed by atoms with Crippen molar-refractivity contribution >= 4 is 11.6 Å². The highest BCUT2D eigenvalue weighted by molar-refractivity contribution is 5.91. The number of amides is 1. The predicted molar refractivity (Wildman–Crippen MR) is 100.0 cm³/mol. The van der Waals surface area contributed by atoms with E-state index in [9.17, 15) is 14.9 Å². The first-order chi connectivity index (χ1) is 13.3. The summed E-state index contributed by atoms with van der Waals surface area (Å²) in [7, 11) is 1.82. The van der Waals surface area contributed by atoms with E-state index in [0.717, 1.165) is 11.3 Å². The molecule has 1 unspecified atom stereocenters. The number of carbonyl (C=O) groups excluding carboxylic acids is 1. The molecule has 28 heavy (non-hydrogen) atoms. The van der Waals surface area contributed by atoms with Crippen LogP contribution in [-0.2, 0) is 13.7 Å². The maximum Gasteiger partial charge on any atom is 0.310 e. The first kappa shape index (κ1) is 19.2. The van der Waals surface area contributed by atoms with Crippen LogP contribution in [0.3, 0.4) is 0 Å². The molecule has 9 heteroatoms. The van der Waals surface area contributed by atoms with E-state index in [1.54, 1.807) is 22.9 Å². The molecule has 1 N–H and O–H groups in total. The quantitative estimate of drug-likeness (QED) is 0.494. The molecule has 0 fully saturated rings. The highest BCUT2D eigenvalue weighted by Gasteiger charge is 2.19. The summed E-state index contributed by atoms with van der Waals surface area (Å²) in [5.74, 6) is 0.284. The Balaban J connectivity index is 1.63. The molecule has 3 rings (SSSR count). The molecule has 0 aliphatic heterocycles. The predicted octanol–water partition coefficient (Wildman–Crippen LogP) is 3.30. The van der Waals surface area contributed by atoms with Crippen molar-refractivity contribution in [3.63, 3.8) is 0 Å². The van der Waals surface area contributed by atoms with Crippen LogP contribution in [0.2, 0.25) is 0 Å². The fourth-order valence-corrected chi connectivity index (χ4v) is 2.85. The lowest BCUT2D eigenvalue weighted by atomic mass is 10.1. The number of nitrogens with zero attached hydrogens (tertiary/aromatic N) is 3. The van der Waals surface area contributed by atoms with Crippen LogP contribution in [0.5, 0.6) is 5.75 Å². The van der Waals surface area contributed by atoms with Crippen LogP contribution in [0, 0.1) is 17.0 Å². The summed E-state index contributed by atoms with van der Waals surface area (Å²) < 4.78 is 12.7. The maximum absolute atomic E-state index is 12.4. The zero-order valence-electron chi connectivity index (χ0n) is 15.7. The highest BCUT2D eigenvalue weighted by Crippen LogP contribution is 2.27. The van der Waals surface area contributed by atoms with Crippen LogP contribution in [0.15, 0.2) is 47.0 Å². The number of nitro benzene ring substituents is 1. The molecule has 2 aromatic heterocycles. The van der Waals surface area contributed by atoms with Gasteiger partial charge in [0.2, 0.25) is 0 Å². The van der Waals surface area contributed by atoms with Gasteiger partial charge in [0.25, 0.3) is 5.91 Å². The third-order valence-corrected chi connectivity index (χ3v) is 4.18. The fraction of sp³-hybridized carbons (Fsp3) is 0.263. The lowest BCUT2D eigenvalue weighted by Crippen LogP contribution is -2.26. The fourth-order valence-electron chi connectivity index (χ4n) is 2.85. The van der Waals surface area contributed by atoms with Gasteiger partial charge < -0.3 is 14.5 Å². The van der Waals surface area contributed by atoms with Crippen molar-refractivity contribution in [1.82, 2.24) is 15.1 Å². The molecular weight excluding hydrogens is 364 g/mol. The Morgan fingerprint density at radius 1 is 1.36 bits per heavy atom. The van der Waals surface area contributed by atoms with Gasteiger partial charge in [-0.25, -0.2) is 0 Å². The standard InChI is InChI=1S/C19H20N4O5/c1-12(15-10-22(3)21-13(15)2)20-19(24)18-9-8-14(28-18)11-27-17-7-5-4-6-16(17)23(25)26/h4-10,12H,11H2,1-3H3,(H,20,24). The van der Waals surface area contributed by atoms with Crippen LogP contribution in [0.25, 0.3) is 0 Å². The van der Waals surface area contributed by atoms with E-state index in [2.05, 4.69) is 10.4 Å². The second kappa shape index (κ2) is 7.95. The molecule has 146 valence electrons. The Morgan fingerprint density at radius 2 is 2.11 bits per heavy atom. The van der Waals surface area contributed by atoms with Crippen molar-refractivity contribution in [3.05, 3.63) is 75.5 Å². The highest BCUT2D eigenvalue weighted by atomic mass is 16.6. The molecule has 9 nitrogen and oxygen atoms in total. The first-order valence-electron chi connectivity index (χ1n) is 8.61. The minimum absolute atomic E-state index is 0.0323. The average molecular weight is 384 g/mol. The minimum Gasteiger partial charge on any atom is -0.479 e. The summed E-state index contributed by atoms with van der Waals surface area (Å²) in [4.78, 5) is 22.9. The van der Waals surface area contributed by atoms with Crippen molar-refractivity contribution < 1.29 is 18.9 Å². The minimum atomic E-state index is -0.516. The lowest BCUT2D eigenvalue weighted by molar-refractivity contribution is -0.386. The molecular formula is C19H20N4O5. The summed E-state index contributed by atoms with van der Waals surface area (Å²) in [5, 5.41) is 18.1. The summed E-state index contributed by atoms with van der Waals surface area (Å²) >= 11 is 0. The van der Waals surface area contributed by atoms with E-state index in [4.69, 9.17) is 9.15 Å². The topological polar surface area (TPSA) is 112 Å². The van der Waals surface area contributed by atoms with Gasteiger partial charge >= 0.3 is 5.69 Å². The second-order valence-electron chi connectivity index (χ2n) is 6.32. The Bertz CT molecular complexity index is 1010. The van der Waals surface area contributed by atoms with Crippen molar-refractivity contribution in [2.75, 3.05) is 0 Å². The van der Waals surface area contributed by atoms with Crippen LogP contribution in [0.4, 0.5) is 5.69 Å². The first-order valence-corrected chi connectivity index (χ1v) is 8.61. The van der Waals surface area contributed by atoms with Gasteiger partial charge in [0.05, 0.1) is 16.7 Å². The van der Waals surface area contributed by atoms with E-state index in [0.29, 0.717) is 5.76 Å². The number of furan rings is 1. The molecule has 3 aromatic rings. The number of aryl methyl sites for hydroxylation is 2. The van der Waals surface area contributed by atoms with E-state index in [1.165, 1.54) is 18.2 Å². The van der Waals surface area contributed by atoms with E-state index in [-0.39, 0.29) is 35.8 Å². The Hall–Kier alpha value is -3.62. The zero-order valence-corrected chi connectivity index (χ0v) is 15.7. The summed E-state index contributed by atoms with van der Waals surface area (Å²) in [5.41, 5.74) is 1.63. The van der Waals surface area contributed by atoms with Crippen LogP contribution in [-0.4, -0.2) is 20.6 Å². The van der Waals surface area contributed by atoms with Gasteiger partial charge in [0.15, 0.2) is 11.5 Å². The Labute approximate surface area is 161 Å².